The van der Waals surface area contributed by atoms with Crippen molar-refractivity contribution in [3.05, 3.63) is 78.9 Å². The van der Waals surface area contributed by atoms with Crippen molar-refractivity contribution in [1.29, 1.82) is 0 Å². The average molecular weight is 354 g/mol. The molecule has 130 valence electrons. The van der Waals surface area contributed by atoms with Gasteiger partial charge in [0.05, 0.1) is 16.6 Å². The molecule has 5 rings (SSSR count). The van der Waals surface area contributed by atoms with Crippen molar-refractivity contribution in [3.63, 3.8) is 0 Å². The lowest BCUT2D eigenvalue weighted by Crippen LogP contribution is -2.05. The summed E-state index contributed by atoms with van der Waals surface area (Å²) in [6.45, 7) is 0.202. The highest BCUT2D eigenvalue weighted by molar-refractivity contribution is 5.82. The molecule has 0 unspecified atom stereocenters. The minimum atomic E-state index is 0.202. The third-order valence-corrected chi connectivity index (χ3v) is 4.24. The molecule has 0 spiro atoms. The zero-order valence-corrected chi connectivity index (χ0v) is 14.2. The summed E-state index contributed by atoms with van der Waals surface area (Å²) < 4.78 is 7.60. The molecule has 0 fully saturated rings. The number of rotatable bonds is 4. The topological polar surface area (TPSA) is 78.1 Å². The molecule has 0 saturated carbocycles. The Morgan fingerprint density at radius 3 is 2.59 bits per heavy atom. The standard InChI is InChI=1S/C20H14N6O/c1-2-6-14(7-3-1)16-10-11-18-23-24-19(26(18)25-16)12-27-20-15-8-4-5-9-17(15)21-13-22-20/h1-11,13H,12H2. The Morgan fingerprint density at radius 2 is 1.67 bits per heavy atom. The first-order chi connectivity index (χ1) is 13.4. The van der Waals surface area contributed by atoms with Crippen LogP contribution in [0.25, 0.3) is 27.8 Å². The van der Waals surface area contributed by atoms with Crippen molar-refractivity contribution >= 4 is 16.6 Å². The van der Waals surface area contributed by atoms with Gasteiger partial charge in [-0.05, 0) is 24.3 Å². The van der Waals surface area contributed by atoms with E-state index >= 15 is 0 Å². The number of para-hydroxylation sites is 1. The third-order valence-electron chi connectivity index (χ3n) is 4.24. The fraction of sp³-hybridized carbons (Fsp3) is 0.0500. The Hall–Kier alpha value is -3.87. The largest absolute Gasteiger partial charge is 0.469 e. The van der Waals surface area contributed by atoms with Gasteiger partial charge in [-0.15, -0.1) is 10.2 Å². The van der Waals surface area contributed by atoms with Crippen molar-refractivity contribution in [2.24, 2.45) is 0 Å². The maximum Gasteiger partial charge on any atom is 0.224 e. The molecule has 0 atom stereocenters. The van der Waals surface area contributed by atoms with E-state index in [2.05, 4.69) is 25.3 Å². The van der Waals surface area contributed by atoms with Gasteiger partial charge in [0.2, 0.25) is 5.88 Å². The Balaban J connectivity index is 1.48. The molecular weight excluding hydrogens is 340 g/mol. The first-order valence-corrected chi connectivity index (χ1v) is 8.48. The lowest BCUT2D eigenvalue weighted by molar-refractivity contribution is 0.284. The highest BCUT2D eigenvalue weighted by atomic mass is 16.5. The van der Waals surface area contributed by atoms with Gasteiger partial charge in [0, 0.05) is 5.56 Å². The van der Waals surface area contributed by atoms with E-state index in [1.807, 2.05) is 66.7 Å². The Labute approximate surface area is 154 Å². The quantitative estimate of drug-likeness (QED) is 0.493. The van der Waals surface area contributed by atoms with Crippen molar-refractivity contribution < 1.29 is 4.74 Å². The smallest absolute Gasteiger partial charge is 0.224 e. The van der Waals surface area contributed by atoms with E-state index in [-0.39, 0.29) is 6.61 Å². The molecule has 0 radical (unpaired) electrons. The molecule has 7 heteroatoms. The fourth-order valence-electron chi connectivity index (χ4n) is 2.91. The van der Waals surface area contributed by atoms with Crippen molar-refractivity contribution in [2.45, 2.75) is 6.61 Å². The summed E-state index contributed by atoms with van der Waals surface area (Å²) in [5.41, 5.74) is 3.37. The molecule has 7 nitrogen and oxygen atoms in total. The van der Waals surface area contributed by atoms with Gasteiger partial charge >= 0.3 is 0 Å². The molecule has 0 aliphatic rings. The van der Waals surface area contributed by atoms with Crippen LogP contribution in [0, 0.1) is 0 Å². The van der Waals surface area contributed by atoms with Crippen LogP contribution in [0.4, 0.5) is 0 Å². The minimum Gasteiger partial charge on any atom is -0.469 e. The van der Waals surface area contributed by atoms with E-state index in [1.54, 1.807) is 4.52 Å². The molecule has 27 heavy (non-hydrogen) atoms. The summed E-state index contributed by atoms with van der Waals surface area (Å²) >= 11 is 0. The van der Waals surface area contributed by atoms with E-state index in [4.69, 9.17) is 4.74 Å². The van der Waals surface area contributed by atoms with Gasteiger partial charge in [-0.2, -0.15) is 9.61 Å². The molecular formula is C20H14N6O. The molecule has 3 heterocycles. The minimum absolute atomic E-state index is 0.202. The van der Waals surface area contributed by atoms with Crippen LogP contribution in [0.5, 0.6) is 5.88 Å². The van der Waals surface area contributed by atoms with Crippen LogP contribution in [-0.4, -0.2) is 29.8 Å². The summed E-state index contributed by atoms with van der Waals surface area (Å²) in [4.78, 5) is 8.49. The van der Waals surface area contributed by atoms with Crippen molar-refractivity contribution in [1.82, 2.24) is 29.8 Å². The average Bonchev–Trinajstić information content (AvgIpc) is 3.15. The number of ether oxygens (including phenoxy) is 1. The Bertz CT molecular complexity index is 1230. The first-order valence-electron chi connectivity index (χ1n) is 8.48. The summed E-state index contributed by atoms with van der Waals surface area (Å²) in [5, 5.41) is 13.9. The van der Waals surface area contributed by atoms with Gasteiger partial charge in [-0.1, -0.05) is 42.5 Å². The molecule has 2 aromatic carbocycles. The lowest BCUT2D eigenvalue weighted by Gasteiger charge is -2.07. The molecule has 0 aliphatic carbocycles. The van der Waals surface area contributed by atoms with E-state index in [0.717, 1.165) is 22.2 Å². The monoisotopic (exact) mass is 354 g/mol. The van der Waals surface area contributed by atoms with Crippen LogP contribution in [0.15, 0.2) is 73.1 Å². The fourth-order valence-corrected chi connectivity index (χ4v) is 2.91. The molecule has 0 N–H and O–H groups in total. The molecule has 3 aromatic heterocycles. The van der Waals surface area contributed by atoms with Gasteiger partial charge < -0.3 is 4.74 Å². The second-order valence-electron chi connectivity index (χ2n) is 5.96. The van der Waals surface area contributed by atoms with E-state index < -0.39 is 0 Å². The second kappa shape index (κ2) is 6.45. The maximum atomic E-state index is 5.90. The zero-order valence-electron chi connectivity index (χ0n) is 14.2. The Morgan fingerprint density at radius 1 is 0.815 bits per heavy atom. The van der Waals surface area contributed by atoms with Gasteiger partial charge in [-0.25, -0.2) is 9.97 Å². The number of benzene rings is 2. The zero-order chi connectivity index (χ0) is 18.1. The van der Waals surface area contributed by atoms with Crippen LogP contribution in [0.2, 0.25) is 0 Å². The lowest BCUT2D eigenvalue weighted by atomic mass is 10.1. The summed E-state index contributed by atoms with van der Waals surface area (Å²) in [5.74, 6) is 1.11. The van der Waals surface area contributed by atoms with E-state index in [0.29, 0.717) is 17.4 Å². The van der Waals surface area contributed by atoms with Crippen molar-refractivity contribution in [3.8, 4) is 17.1 Å². The third kappa shape index (κ3) is 2.85. The summed E-state index contributed by atoms with van der Waals surface area (Å²) in [7, 11) is 0. The van der Waals surface area contributed by atoms with Gasteiger partial charge in [0.25, 0.3) is 0 Å². The number of nitrogens with zero attached hydrogens (tertiary/aromatic N) is 6. The normalized spacial score (nSPS) is 11.1. The maximum absolute atomic E-state index is 5.90. The predicted molar refractivity (Wildman–Crippen MR) is 100 cm³/mol. The summed E-state index contributed by atoms with van der Waals surface area (Å²) in [6.07, 6.45) is 1.49. The number of hydrogen-bond donors (Lipinski definition) is 0. The molecule has 0 saturated heterocycles. The van der Waals surface area contributed by atoms with E-state index in [1.165, 1.54) is 6.33 Å². The van der Waals surface area contributed by atoms with Crippen LogP contribution in [0.1, 0.15) is 5.82 Å². The van der Waals surface area contributed by atoms with E-state index in [9.17, 15) is 0 Å². The van der Waals surface area contributed by atoms with Crippen LogP contribution >= 0.6 is 0 Å². The second-order valence-corrected chi connectivity index (χ2v) is 5.96. The molecule has 0 bridgehead atoms. The molecule has 5 aromatic rings. The van der Waals surface area contributed by atoms with Crippen LogP contribution < -0.4 is 4.74 Å². The molecule has 0 amide bonds. The number of aromatic nitrogens is 6. The van der Waals surface area contributed by atoms with Gasteiger partial charge in [0.1, 0.15) is 6.33 Å². The highest BCUT2D eigenvalue weighted by Crippen LogP contribution is 2.22. The molecule has 0 aliphatic heterocycles. The number of hydrogen-bond acceptors (Lipinski definition) is 6. The Kier molecular flexibility index (Phi) is 3.68. The predicted octanol–water partition coefficient (Wildman–Crippen LogP) is 3.31. The van der Waals surface area contributed by atoms with Crippen molar-refractivity contribution in [2.75, 3.05) is 0 Å². The first kappa shape index (κ1) is 15.4. The SMILES string of the molecule is c1ccc(-c2ccc3nnc(COc4ncnc5ccccc45)n3n2)cc1. The van der Waals surface area contributed by atoms with Gasteiger partial charge in [0.15, 0.2) is 18.1 Å². The highest BCUT2D eigenvalue weighted by Gasteiger charge is 2.11. The van der Waals surface area contributed by atoms with Gasteiger partial charge in [-0.3, -0.25) is 0 Å². The van der Waals surface area contributed by atoms with Crippen LogP contribution in [0.3, 0.4) is 0 Å². The van der Waals surface area contributed by atoms with Crippen LogP contribution in [-0.2, 0) is 6.61 Å². The number of fused-ring (bicyclic) bond motifs is 2. The summed E-state index contributed by atoms with van der Waals surface area (Å²) in [6, 6.07) is 21.5.